The van der Waals surface area contributed by atoms with Gasteiger partial charge < -0.3 is 11.1 Å². The molecule has 23 heavy (non-hydrogen) atoms. The number of aryl methyl sites for hydroxylation is 1. The molecule has 122 valence electrons. The Kier molecular flexibility index (Phi) is 4.42. The van der Waals surface area contributed by atoms with Gasteiger partial charge in [-0.15, -0.1) is 11.3 Å². The van der Waals surface area contributed by atoms with E-state index in [1.165, 1.54) is 11.3 Å². The summed E-state index contributed by atoms with van der Waals surface area (Å²) >= 11 is 1.31. The summed E-state index contributed by atoms with van der Waals surface area (Å²) in [6.07, 6.45) is 8.63. The minimum atomic E-state index is -0.338. The van der Waals surface area contributed by atoms with Gasteiger partial charge in [-0.05, 0) is 12.8 Å². The molecule has 2 aromatic heterocycles. The van der Waals surface area contributed by atoms with E-state index in [0.29, 0.717) is 4.88 Å². The van der Waals surface area contributed by atoms with E-state index >= 15 is 0 Å². The molecule has 1 aliphatic carbocycles. The lowest BCUT2D eigenvalue weighted by Gasteiger charge is -2.29. The van der Waals surface area contributed by atoms with E-state index in [0.717, 1.165) is 36.3 Å². The SMILES string of the molecule is Cn1cc(-c2ncc(C(=O)NC3CCCCC3C(N)=O)s2)cn1. The van der Waals surface area contributed by atoms with Crippen LogP contribution in [-0.2, 0) is 11.8 Å². The number of hydrogen-bond donors (Lipinski definition) is 2. The highest BCUT2D eigenvalue weighted by atomic mass is 32.1. The van der Waals surface area contributed by atoms with Gasteiger partial charge in [-0.25, -0.2) is 4.98 Å². The summed E-state index contributed by atoms with van der Waals surface area (Å²) in [4.78, 5) is 28.7. The van der Waals surface area contributed by atoms with Gasteiger partial charge in [0.1, 0.15) is 9.88 Å². The van der Waals surface area contributed by atoms with Crippen LogP contribution in [-0.4, -0.2) is 32.6 Å². The average molecular weight is 333 g/mol. The Bertz CT molecular complexity index is 723. The summed E-state index contributed by atoms with van der Waals surface area (Å²) in [6, 6.07) is -0.183. The Morgan fingerprint density at radius 2 is 2.13 bits per heavy atom. The first-order valence-electron chi connectivity index (χ1n) is 7.59. The molecule has 0 aliphatic heterocycles. The summed E-state index contributed by atoms with van der Waals surface area (Å²) in [5.41, 5.74) is 6.32. The van der Waals surface area contributed by atoms with Gasteiger partial charge in [-0.1, -0.05) is 12.8 Å². The molecule has 2 atom stereocenters. The Morgan fingerprint density at radius 1 is 1.35 bits per heavy atom. The number of nitrogens with zero attached hydrogens (tertiary/aromatic N) is 3. The van der Waals surface area contributed by atoms with Crippen LogP contribution in [0.25, 0.3) is 10.6 Å². The zero-order valence-corrected chi connectivity index (χ0v) is 13.7. The third-order valence-electron chi connectivity index (χ3n) is 4.13. The number of nitrogens with one attached hydrogen (secondary N) is 1. The fourth-order valence-corrected chi connectivity index (χ4v) is 3.72. The highest BCUT2D eigenvalue weighted by molar-refractivity contribution is 7.16. The Balaban J connectivity index is 1.71. The van der Waals surface area contributed by atoms with Crippen LogP contribution in [0.2, 0.25) is 0 Å². The van der Waals surface area contributed by atoms with Crippen LogP contribution >= 0.6 is 11.3 Å². The van der Waals surface area contributed by atoms with Crippen molar-refractivity contribution >= 4 is 23.2 Å². The summed E-state index contributed by atoms with van der Waals surface area (Å²) in [5, 5.41) is 7.80. The molecule has 2 aromatic rings. The monoisotopic (exact) mass is 333 g/mol. The number of rotatable bonds is 4. The van der Waals surface area contributed by atoms with E-state index in [4.69, 9.17) is 5.73 Å². The Labute approximate surface area is 137 Å². The first-order valence-corrected chi connectivity index (χ1v) is 8.41. The van der Waals surface area contributed by atoms with Crippen molar-refractivity contribution in [2.75, 3.05) is 0 Å². The van der Waals surface area contributed by atoms with E-state index < -0.39 is 0 Å². The number of amides is 2. The molecule has 2 unspecified atom stereocenters. The maximum atomic E-state index is 12.4. The van der Waals surface area contributed by atoms with Crippen LogP contribution in [0.15, 0.2) is 18.6 Å². The summed E-state index contributed by atoms with van der Waals surface area (Å²) < 4.78 is 1.69. The van der Waals surface area contributed by atoms with E-state index in [1.807, 2.05) is 13.2 Å². The molecular weight excluding hydrogens is 314 g/mol. The van der Waals surface area contributed by atoms with Gasteiger partial charge in [0.05, 0.1) is 18.3 Å². The van der Waals surface area contributed by atoms with Crippen molar-refractivity contribution in [1.29, 1.82) is 0 Å². The van der Waals surface area contributed by atoms with Gasteiger partial charge in [0, 0.05) is 24.8 Å². The molecule has 1 aliphatic rings. The number of primary amides is 1. The van der Waals surface area contributed by atoms with Crippen molar-refractivity contribution in [3.8, 4) is 10.6 Å². The van der Waals surface area contributed by atoms with E-state index in [2.05, 4.69) is 15.4 Å². The molecule has 0 spiro atoms. The normalized spacial score (nSPS) is 21.1. The van der Waals surface area contributed by atoms with Crippen LogP contribution < -0.4 is 11.1 Å². The standard InChI is InChI=1S/C15H19N5O2S/c1-20-8-9(6-18-20)15-17-7-12(23-15)14(22)19-11-5-3-2-4-10(11)13(16)21/h6-8,10-11H,2-5H2,1H3,(H2,16,21)(H,19,22). The van der Waals surface area contributed by atoms with E-state index in [1.54, 1.807) is 17.1 Å². The maximum Gasteiger partial charge on any atom is 0.263 e. The molecule has 3 rings (SSSR count). The summed E-state index contributed by atoms with van der Waals surface area (Å²) in [7, 11) is 1.83. The number of aromatic nitrogens is 3. The van der Waals surface area contributed by atoms with Crippen LogP contribution in [0.4, 0.5) is 0 Å². The highest BCUT2D eigenvalue weighted by Crippen LogP contribution is 2.27. The fraction of sp³-hybridized carbons (Fsp3) is 0.467. The quantitative estimate of drug-likeness (QED) is 0.880. The number of thiazole rings is 1. The second-order valence-corrected chi connectivity index (χ2v) is 6.84. The lowest BCUT2D eigenvalue weighted by Crippen LogP contribution is -2.46. The Morgan fingerprint density at radius 3 is 2.83 bits per heavy atom. The van der Waals surface area contributed by atoms with Crippen molar-refractivity contribution in [1.82, 2.24) is 20.1 Å². The maximum absolute atomic E-state index is 12.4. The van der Waals surface area contributed by atoms with Crippen molar-refractivity contribution in [2.45, 2.75) is 31.7 Å². The second-order valence-electron chi connectivity index (χ2n) is 5.81. The highest BCUT2D eigenvalue weighted by Gasteiger charge is 2.31. The predicted molar refractivity (Wildman–Crippen MR) is 86.7 cm³/mol. The zero-order chi connectivity index (χ0) is 16.4. The lowest BCUT2D eigenvalue weighted by molar-refractivity contribution is -0.123. The molecular formula is C15H19N5O2S. The van der Waals surface area contributed by atoms with Gasteiger partial charge >= 0.3 is 0 Å². The molecule has 0 radical (unpaired) electrons. The molecule has 2 heterocycles. The Hall–Kier alpha value is -2.22. The van der Waals surface area contributed by atoms with Crippen molar-refractivity contribution in [2.24, 2.45) is 18.7 Å². The molecule has 1 fully saturated rings. The molecule has 1 saturated carbocycles. The van der Waals surface area contributed by atoms with Crippen LogP contribution in [0.1, 0.15) is 35.4 Å². The molecule has 0 bridgehead atoms. The third kappa shape index (κ3) is 3.42. The predicted octanol–water partition coefficient (Wildman–Crippen LogP) is 1.32. The molecule has 0 saturated heterocycles. The van der Waals surface area contributed by atoms with Gasteiger partial charge in [0.2, 0.25) is 5.91 Å². The fourth-order valence-electron chi connectivity index (χ4n) is 2.93. The minimum absolute atomic E-state index is 0.183. The van der Waals surface area contributed by atoms with Crippen LogP contribution in [0, 0.1) is 5.92 Å². The van der Waals surface area contributed by atoms with Crippen LogP contribution in [0.3, 0.4) is 0 Å². The van der Waals surface area contributed by atoms with Crippen molar-refractivity contribution < 1.29 is 9.59 Å². The van der Waals surface area contributed by atoms with Gasteiger partial charge in [-0.3, -0.25) is 14.3 Å². The molecule has 8 heteroatoms. The summed E-state index contributed by atoms with van der Waals surface area (Å²) in [6.45, 7) is 0. The van der Waals surface area contributed by atoms with Gasteiger partial charge in [-0.2, -0.15) is 5.10 Å². The minimum Gasteiger partial charge on any atom is -0.369 e. The number of hydrogen-bond acceptors (Lipinski definition) is 5. The largest absolute Gasteiger partial charge is 0.369 e. The second kappa shape index (κ2) is 6.49. The van der Waals surface area contributed by atoms with Crippen molar-refractivity contribution in [3.05, 3.63) is 23.5 Å². The number of carbonyl (C=O) groups is 2. The smallest absolute Gasteiger partial charge is 0.263 e. The first kappa shape index (κ1) is 15.7. The lowest BCUT2D eigenvalue weighted by atomic mass is 9.84. The topological polar surface area (TPSA) is 103 Å². The molecule has 7 nitrogen and oxygen atoms in total. The first-order chi connectivity index (χ1) is 11.0. The number of carbonyl (C=O) groups excluding carboxylic acids is 2. The van der Waals surface area contributed by atoms with E-state index in [9.17, 15) is 9.59 Å². The molecule has 2 amide bonds. The third-order valence-corrected chi connectivity index (χ3v) is 5.17. The number of nitrogens with two attached hydrogens (primary N) is 1. The molecule has 0 aromatic carbocycles. The van der Waals surface area contributed by atoms with Gasteiger partial charge in [0.25, 0.3) is 5.91 Å². The van der Waals surface area contributed by atoms with Crippen molar-refractivity contribution in [3.63, 3.8) is 0 Å². The zero-order valence-electron chi connectivity index (χ0n) is 12.9. The van der Waals surface area contributed by atoms with Crippen LogP contribution in [0.5, 0.6) is 0 Å². The average Bonchev–Trinajstić information content (AvgIpc) is 3.16. The molecule has 3 N–H and O–H groups in total. The van der Waals surface area contributed by atoms with E-state index in [-0.39, 0.29) is 23.8 Å². The van der Waals surface area contributed by atoms with Gasteiger partial charge in [0.15, 0.2) is 0 Å². The summed E-state index contributed by atoms with van der Waals surface area (Å²) in [5.74, 6) is -0.815.